The van der Waals surface area contributed by atoms with Crippen LogP contribution in [0.3, 0.4) is 0 Å². The lowest BCUT2D eigenvalue weighted by Gasteiger charge is -2.30. The predicted octanol–water partition coefficient (Wildman–Crippen LogP) is 2.04. The molecular formula is C13H20N2O2S. The minimum absolute atomic E-state index is 0.0389. The summed E-state index contributed by atoms with van der Waals surface area (Å²) in [4.78, 5) is 17.4. The summed E-state index contributed by atoms with van der Waals surface area (Å²) >= 11 is 1.58. The van der Waals surface area contributed by atoms with E-state index in [9.17, 15) is 4.79 Å². The highest BCUT2D eigenvalue weighted by atomic mass is 32.1. The minimum atomic E-state index is -0.809. The maximum atomic E-state index is 10.6. The van der Waals surface area contributed by atoms with Crippen molar-refractivity contribution in [3.8, 4) is 0 Å². The van der Waals surface area contributed by atoms with Crippen molar-refractivity contribution in [2.75, 3.05) is 19.6 Å². The van der Waals surface area contributed by atoms with E-state index in [0.29, 0.717) is 5.69 Å². The lowest BCUT2D eigenvalue weighted by Crippen LogP contribution is -2.35. The summed E-state index contributed by atoms with van der Waals surface area (Å²) in [6.07, 6.45) is 3.62. The van der Waals surface area contributed by atoms with Gasteiger partial charge in [0.05, 0.1) is 17.1 Å². The molecule has 0 bridgehead atoms. The van der Waals surface area contributed by atoms with Gasteiger partial charge in [-0.05, 0) is 25.3 Å². The van der Waals surface area contributed by atoms with Crippen molar-refractivity contribution >= 4 is 17.3 Å². The highest BCUT2D eigenvalue weighted by Crippen LogP contribution is 2.17. The van der Waals surface area contributed by atoms with Gasteiger partial charge in [-0.1, -0.05) is 6.92 Å². The molecule has 5 heteroatoms. The molecule has 0 spiro atoms. The third-order valence-corrected chi connectivity index (χ3v) is 4.27. The molecule has 0 radical (unpaired) electrons. The molecule has 0 amide bonds. The fourth-order valence-electron chi connectivity index (χ4n) is 2.44. The van der Waals surface area contributed by atoms with E-state index in [-0.39, 0.29) is 6.42 Å². The zero-order valence-electron chi connectivity index (χ0n) is 10.8. The second-order valence-corrected chi connectivity index (χ2v) is 6.04. The van der Waals surface area contributed by atoms with Crippen molar-refractivity contribution in [3.05, 3.63) is 16.1 Å². The van der Waals surface area contributed by atoms with Crippen molar-refractivity contribution in [2.24, 2.45) is 5.92 Å². The number of thiazole rings is 1. The van der Waals surface area contributed by atoms with Crippen molar-refractivity contribution in [1.29, 1.82) is 0 Å². The molecule has 2 rings (SSSR count). The first-order valence-corrected chi connectivity index (χ1v) is 7.39. The quantitative estimate of drug-likeness (QED) is 0.888. The molecule has 1 aromatic rings. The average Bonchev–Trinajstić information content (AvgIpc) is 2.73. The molecule has 4 nitrogen and oxygen atoms in total. The Morgan fingerprint density at radius 2 is 2.50 bits per heavy atom. The molecule has 0 saturated carbocycles. The molecule has 0 aliphatic carbocycles. The largest absolute Gasteiger partial charge is 0.481 e. The van der Waals surface area contributed by atoms with Gasteiger partial charge >= 0.3 is 5.97 Å². The number of hydrogen-bond donors (Lipinski definition) is 1. The molecule has 0 aromatic carbocycles. The van der Waals surface area contributed by atoms with Crippen molar-refractivity contribution < 1.29 is 9.90 Å². The molecule has 1 N–H and O–H groups in total. The predicted molar refractivity (Wildman–Crippen MR) is 72.0 cm³/mol. The molecule has 1 saturated heterocycles. The summed E-state index contributed by atoms with van der Waals surface area (Å²) in [6.45, 7) is 5.73. The Kier molecular flexibility index (Phi) is 4.72. The highest BCUT2D eigenvalue weighted by Gasteiger charge is 2.16. The Hall–Kier alpha value is -0.940. The zero-order chi connectivity index (χ0) is 13.0. The SMILES string of the molecule is CC1CCCN(CCc2nc(CC(=O)O)cs2)C1. The van der Waals surface area contributed by atoms with Gasteiger partial charge in [-0.25, -0.2) is 4.98 Å². The molecule has 1 aliphatic heterocycles. The Morgan fingerprint density at radius 3 is 3.22 bits per heavy atom. The monoisotopic (exact) mass is 268 g/mol. The summed E-state index contributed by atoms with van der Waals surface area (Å²) in [5, 5.41) is 11.6. The minimum Gasteiger partial charge on any atom is -0.481 e. The molecule has 1 fully saturated rings. The second-order valence-electron chi connectivity index (χ2n) is 5.10. The van der Waals surface area contributed by atoms with Gasteiger partial charge in [0, 0.05) is 24.9 Å². The first-order chi connectivity index (χ1) is 8.63. The van der Waals surface area contributed by atoms with Crippen LogP contribution in [0.5, 0.6) is 0 Å². The van der Waals surface area contributed by atoms with Gasteiger partial charge in [-0.15, -0.1) is 11.3 Å². The summed E-state index contributed by atoms with van der Waals surface area (Å²) in [7, 11) is 0. The second kappa shape index (κ2) is 6.29. The van der Waals surface area contributed by atoms with Gasteiger partial charge in [-0.3, -0.25) is 4.79 Å². The first-order valence-electron chi connectivity index (χ1n) is 6.51. The summed E-state index contributed by atoms with van der Waals surface area (Å²) in [6, 6.07) is 0. The first kappa shape index (κ1) is 13.5. The van der Waals surface area contributed by atoms with Crippen LogP contribution in [0.2, 0.25) is 0 Å². The molecule has 100 valence electrons. The average molecular weight is 268 g/mol. The lowest BCUT2D eigenvalue weighted by molar-refractivity contribution is -0.136. The number of carboxylic acids is 1. The smallest absolute Gasteiger partial charge is 0.309 e. The van der Waals surface area contributed by atoms with E-state index in [1.54, 1.807) is 11.3 Å². The number of likely N-dealkylation sites (tertiary alicyclic amines) is 1. The van der Waals surface area contributed by atoms with E-state index >= 15 is 0 Å². The molecule has 1 aliphatic rings. The van der Waals surface area contributed by atoms with Crippen LogP contribution in [0.1, 0.15) is 30.5 Å². The number of rotatable bonds is 5. The topological polar surface area (TPSA) is 53.4 Å². The number of piperidine rings is 1. The maximum Gasteiger partial charge on any atom is 0.309 e. The van der Waals surface area contributed by atoms with Crippen LogP contribution in [0.4, 0.5) is 0 Å². The van der Waals surface area contributed by atoms with Crippen LogP contribution in [-0.4, -0.2) is 40.6 Å². The lowest BCUT2D eigenvalue weighted by atomic mass is 10.0. The third-order valence-electron chi connectivity index (χ3n) is 3.31. The van der Waals surface area contributed by atoms with Gasteiger partial charge < -0.3 is 10.0 Å². The third kappa shape index (κ3) is 4.07. The number of aromatic nitrogens is 1. The summed E-state index contributed by atoms with van der Waals surface area (Å²) < 4.78 is 0. The normalized spacial score (nSPS) is 21.1. The highest BCUT2D eigenvalue weighted by molar-refractivity contribution is 7.09. The van der Waals surface area contributed by atoms with Crippen LogP contribution in [0.15, 0.2) is 5.38 Å². The summed E-state index contributed by atoms with van der Waals surface area (Å²) in [5.41, 5.74) is 0.689. The van der Waals surface area contributed by atoms with Crippen molar-refractivity contribution in [2.45, 2.75) is 32.6 Å². The van der Waals surface area contributed by atoms with Crippen LogP contribution in [0, 0.1) is 5.92 Å². The fourth-order valence-corrected chi connectivity index (χ4v) is 3.23. The van der Waals surface area contributed by atoms with E-state index in [2.05, 4.69) is 16.8 Å². The van der Waals surface area contributed by atoms with Crippen molar-refractivity contribution in [1.82, 2.24) is 9.88 Å². The van der Waals surface area contributed by atoms with Gasteiger partial charge in [-0.2, -0.15) is 0 Å². The van der Waals surface area contributed by atoms with Gasteiger partial charge in [0.2, 0.25) is 0 Å². The standard InChI is InChI=1S/C13H20N2O2S/c1-10-3-2-5-15(8-10)6-4-12-14-11(9-18-12)7-13(16)17/h9-10H,2-8H2,1H3,(H,16,17). The van der Waals surface area contributed by atoms with Gasteiger partial charge in [0.15, 0.2) is 0 Å². The van der Waals surface area contributed by atoms with Crippen molar-refractivity contribution in [3.63, 3.8) is 0 Å². The van der Waals surface area contributed by atoms with Crippen LogP contribution >= 0.6 is 11.3 Å². The van der Waals surface area contributed by atoms with E-state index in [4.69, 9.17) is 5.11 Å². The number of aliphatic carboxylic acids is 1. The van der Waals surface area contributed by atoms with Gasteiger partial charge in [0.25, 0.3) is 0 Å². The molecule has 1 unspecified atom stereocenters. The summed E-state index contributed by atoms with van der Waals surface area (Å²) in [5.74, 6) is -0.00526. The molecule has 18 heavy (non-hydrogen) atoms. The maximum absolute atomic E-state index is 10.6. The Balaban J connectivity index is 1.79. The molecule has 1 atom stereocenters. The number of carboxylic acid groups (broad SMARTS) is 1. The van der Waals surface area contributed by atoms with E-state index in [0.717, 1.165) is 23.9 Å². The van der Waals surface area contributed by atoms with Crippen LogP contribution in [-0.2, 0) is 17.6 Å². The van der Waals surface area contributed by atoms with E-state index < -0.39 is 5.97 Å². The zero-order valence-corrected chi connectivity index (χ0v) is 11.6. The number of carbonyl (C=O) groups is 1. The molecular weight excluding hydrogens is 248 g/mol. The van der Waals surface area contributed by atoms with Gasteiger partial charge in [0.1, 0.15) is 0 Å². The number of hydrogen-bond acceptors (Lipinski definition) is 4. The van der Waals surface area contributed by atoms with Crippen LogP contribution in [0.25, 0.3) is 0 Å². The Morgan fingerprint density at radius 1 is 1.67 bits per heavy atom. The fraction of sp³-hybridized carbons (Fsp3) is 0.692. The Bertz CT molecular complexity index is 405. The van der Waals surface area contributed by atoms with Crippen LogP contribution < -0.4 is 0 Å². The van der Waals surface area contributed by atoms with E-state index in [1.165, 1.54) is 25.9 Å². The molecule has 1 aromatic heterocycles. The van der Waals surface area contributed by atoms with E-state index in [1.807, 2.05) is 5.38 Å². The Labute approximate surface area is 112 Å². The number of nitrogens with zero attached hydrogens (tertiary/aromatic N) is 2. The molecule has 2 heterocycles.